The van der Waals surface area contributed by atoms with Crippen molar-refractivity contribution in [1.82, 2.24) is 4.98 Å². The van der Waals surface area contributed by atoms with E-state index in [9.17, 15) is 0 Å². The van der Waals surface area contributed by atoms with Gasteiger partial charge in [0.2, 0.25) is 0 Å². The summed E-state index contributed by atoms with van der Waals surface area (Å²) in [5.41, 5.74) is 1.11. The molecule has 0 fully saturated rings. The largest absolute Gasteiger partial charge is 0.374 e. The van der Waals surface area contributed by atoms with Crippen molar-refractivity contribution in [3.8, 4) is 0 Å². The number of nitrogens with one attached hydrogen (secondary N) is 2. The average molecular weight is 122 g/mol. The average Bonchev–Trinajstić information content (AvgIpc) is 2.33. The second kappa shape index (κ2) is 2.40. The predicted octanol–water partition coefficient (Wildman–Crippen LogP) is 1.70. The zero-order chi connectivity index (χ0) is 6.69. The molecule has 0 bridgehead atoms. The Hall–Kier alpha value is -1.18. The van der Waals surface area contributed by atoms with Crippen molar-refractivity contribution in [3.63, 3.8) is 0 Å². The highest BCUT2D eigenvalue weighted by Gasteiger charge is 1.93. The van der Waals surface area contributed by atoms with Gasteiger partial charge in [0, 0.05) is 18.8 Å². The second-order valence-corrected chi connectivity index (χ2v) is 1.76. The van der Waals surface area contributed by atoms with Crippen molar-refractivity contribution in [1.29, 1.82) is 0 Å². The lowest BCUT2D eigenvalue weighted by Gasteiger charge is -1.94. The first kappa shape index (κ1) is 5.95. The molecule has 1 heterocycles. The van der Waals surface area contributed by atoms with Crippen LogP contribution < -0.4 is 5.32 Å². The van der Waals surface area contributed by atoms with E-state index >= 15 is 0 Å². The summed E-state index contributed by atoms with van der Waals surface area (Å²) in [7, 11) is 1.87. The molecular formula is C7H10N2. The second-order valence-electron chi connectivity index (χ2n) is 1.76. The van der Waals surface area contributed by atoms with E-state index in [4.69, 9.17) is 0 Å². The Kier molecular flexibility index (Phi) is 1.58. The molecule has 9 heavy (non-hydrogen) atoms. The molecular weight excluding hydrogens is 112 g/mol. The first-order chi connectivity index (χ1) is 4.38. The van der Waals surface area contributed by atoms with Gasteiger partial charge < -0.3 is 10.3 Å². The quantitative estimate of drug-likeness (QED) is 0.614. The Morgan fingerprint density at radius 2 is 2.56 bits per heavy atom. The van der Waals surface area contributed by atoms with E-state index in [0.717, 1.165) is 11.4 Å². The molecule has 1 aromatic heterocycles. The van der Waals surface area contributed by atoms with Gasteiger partial charge in [-0.05, 0) is 6.07 Å². The number of hydrogen-bond donors (Lipinski definition) is 2. The van der Waals surface area contributed by atoms with Gasteiger partial charge in [-0.15, -0.1) is 0 Å². The van der Waals surface area contributed by atoms with Crippen molar-refractivity contribution >= 4 is 11.9 Å². The van der Waals surface area contributed by atoms with Crippen molar-refractivity contribution in [2.45, 2.75) is 0 Å². The van der Waals surface area contributed by atoms with Gasteiger partial charge in [-0.1, -0.05) is 12.7 Å². The molecule has 2 N–H and O–H groups in total. The van der Waals surface area contributed by atoms with Crippen LogP contribution in [0.2, 0.25) is 0 Å². The molecule has 0 atom stereocenters. The van der Waals surface area contributed by atoms with Gasteiger partial charge in [0.25, 0.3) is 0 Å². The fourth-order valence-corrected chi connectivity index (χ4v) is 0.768. The van der Waals surface area contributed by atoms with E-state index in [1.54, 1.807) is 0 Å². The molecule has 48 valence electrons. The maximum atomic E-state index is 3.65. The van der Waals surface area contributed by atoms with Crippen molar-refractivity contribution in [3.05, 3.63) is 24.4 Å². The van der Waals surface area contributed by atoms with Crippen LogP contribution in [0, 0.1) is 0 Å². The summed E-state index contributed by atoms with van der Waals surface area (Å²) in [5.74, 6) is 1.02. The predicted molar refractivity (Wildman–Crippen MR) is 40.4 cm³/mol. The molecule has 0 unspecified atom stereocenters. The number of aromatic nitrogens is 1. The molecule has 1 rings (SSSR count). The van der Waals surface area contributed by atoms with Gasteiger partial charge in [0.05, 0.1) is 0 Å². The summed E-state index contributed by atoms with van der Waals surface area (Å²) in [6, 6.07) is 1.97. The van der Waals surface area contributed by atoms with Crippen LogP contribution in [0.1, 0.15) is 5.56 Å². The van der Waals surface area contributed by atoms with Crippen LogP contribution in [-0.2, 0) is 0 Å². The molecule has 0 saturated heterocycles. The summed E-state index contributed by atoms with van der Waals surface area (Å²) in [6.07, 6.45) is 3.69. The maximum absolute atomic E-state index is 3.65. The fraction of sp³-hybridized carbons (Fsp3) is 0.143. The maximum Gasteiger partial charge on any atom is 0.110 e. The summed E-state index contributed by atoms with van der Waals surface area (Å²) in [6.45, 7) is 3.65. The van der Waals surface area contributed by atoms with E-state index in [1.165, 1.54) is 0 Å². The Morgan fingerprint density at radius 1 is 1.78 bits per heavy atom. The van der Waals surface area contributed by atoms with Crippen LogP contribution >= 0.6 is 0 Å². The number of hydrogen-bond acceptors (Lipinski definition) is 1. The summed E-state index contributed by atoms with van der Waals surface area (Å²) in [4.78, 5) is 3.02. The van der Waals surface area contributed by atoms with Crippen LogP contribution in [-0.4, -0.2) is 12.0 Å². The SMILES string of the molecule is C=Cc1cc[nH]c1NC. The normalized spacial score (nSPS) is 9.00. The van der Waals surface area contributed by atoms with Crippen molar-refractivity contribution < 1.29 is 0 Å². The van der Waals surface area contributed by atoms with Gasteiger partial charge >= 0.3 is 0 Å². The monoisotopic (exact) mass is 122 g/mol. The first-order valence-corrected chi connectivity index (χ1v) is 2.86. The minimum Gasteiger partial charge on any atom is -0.374 e. The van der Waals surface area contributed by atoms with Crippen LogP contribution in [0.5, 0.6) is 0 Å². The highest BCUT2D eigenvalue weighted by molar-refractivity contribution is 5.61. The fourth-order valence-electron chi connectivity index (χ4n) is 0.768. The van der Waals surface area contributed by atoms with Crippen LogP contribution in [0.25, 0.3) is 6.08 Å². The van der Waals surface area contributed by atoms with E-state index < -0.39 is 0 Å². The number of aromatic amines is 1. The molecule has 0 spiro atoms. The van der Waals surface area contributed by atoms with E-state index in [0.29, 0.717) is 0 Å². The molecule has 2 nitrogen and oxygen atoms in total. The van der Waals surface area contributed by atoms with E-state index in [-0.39, 0.29) is 0 Å². The molecule has 0 amide bonds. The Bertz CT molecular complexity index is 200. The smallest absolute Gasteiger partial charge is 0.110 e. The van der Waals surface area contributed by atoms with Crippen LogP contribution in [0.3, 0.4) is 0 Å². The molecule has 0 aliphatic heterocycles. The topological polar surface area (TPSA) is 27.8 Å². The molecule has 1 aromatic rings. The van der Waals surface area contributed by atoms with Crippen molar-refractivity contribution in [2.75, 3.05) is 12.4 Å². The number of anilines is 1. The van der Waals surface area contributed by atoms with Crippen LogP contribution in [0.15, 0.2) is 18.8 Å². The molecule has 0 radical (unpaired) electrons. The molecule has 0 aromatic carbocycles. The van der Waals surface area contributed by atoms with Gasteiger partial charge in [0.15, 0.2) is 0 Å². The lowest BCUT2D eigenvalue weighted by Crippen LogP contribution is -1.88. The minimum absolute atomic E-state index is 1.02. The van der Waals surface area contributed by atoms with Gasteiger partial charge in [-0.3, -0.25) is 0 Å². The standard InChI is InChI=1S/C7H10N2/c1-3-6-4-5-9-7(6)8-2/h3-5,8-9H,1H2,2H3. The zero-order valence-electron chi connectivity index (χ0n) is 5.44. The third kappa shape index (κ3) is 0.964. The zero-order valence-corrected chi connectivity index (χ0v) is 5.44. The van der Waals surface area contributed by atoms with Gasteiger partial charge in [-0.25, -0.2) is 0 Å². The molecule has 0 aliphatic carbocycles. The summed E-state index contributed by atoms with van der Waals surface area (Å²) < 4.78 is 0. The highest BCUT2D eigenvalue weighted by atomic mass is 15.0. The third-order valence-electron chi connectivity index (χ3n) is 1.25. The minimum atomic E-state index is 1.02. The first-order valence-electron chi connectivity index (χ1n) is 2.86. The molecule has 2 heteroatoms. The number of rotatable bonds is 2. The number of H-pyrrole nitrogens is 1. The third-order valence-corrected chi connectivity index (χ3v) is 1.25. The Balaban J connectivity index is 2.98. The summed E-state index contributed by atoms with van der Waals surface area (Å²) in [5, 5.41) is 3.00. The lowest BCUT2D eigenvalue weighted by molar-refractivity contribution is 1.35. The highest BCUT2D eigenvalue weighted by Crippen LogP contribution is 2.11. The van der Waals surface area contributed by atoms with Gasteiger partial charge in [0.1, 0.15) is 5.82 Å². The summed E-state index contributed by atoms with van der Waals surface area (Å²) >= 11 is 0. The van der Waals surface area contributed by atoms with E-state index in [2.05, 4.69) is 16.9 Å². The Labute approximate surface area is 54.6 Å². The van der Waals surface area contributed by atoms with Crippen molar-refractivity contribution in [2.24, 2.45) is 0 Å². The Morgan fingerprint density at radius 3 is 3.00 bits per heavy atom. The molecule has 0 aliphatic rings. The lowest BCUT2D eigenvalue weighted by atomic mass is 10.3. The molecule has 0 saturated carbocycles. The van der Waals surface area contributed by atoms with Gasteiger partial charge in [-0.2, -0.15) is 0 Å². The van der Waals surface area contributed by atoms with Crippen LogP contribution in [0.4, 0.5) is 5.82 Å². The van der Waals surface area contributed by atoms with E-state index in [1.807, 2.05) is 25.4 Å².